The lowest BCUT2D eigenvalue weighted by molar-refractivity contribution is -0.135. The Kier molecular flexibility index (Phi) is 3.69. The Labute approximate surface area is 67.1 Å². The molecule has 0 aromatic heterocycles. The molecule has 0 aliphatic carbocycles. The van der Waals surface area contributed by atoms with Crippen LogP contribution in [0.4, 0.5) is 0 Å². The zero-order valence-electron chi connectivity index (χ0n) is 4.47. The molecule has 60 valence electrons. The smallest absolute Gasteiger partial charge is 0.368 e. The molecule has 0 radical (unpaired) electrons. The first-order valence-electron chi connectivity index (χ1n) is 1.94. The van der Waals surface area contributed by atoms with E-state index in [1.165, 1.54) is 0 Å². The van der Waals surface area contributed by atoms with E-state index in [1.807, 2.05) is 0 Å². The van der Waals surface area contributed by atoms with Gasteiger partial charge in [-0.05, 0) is 12.9 Å². The predicted molar refractivity (Wildman–Crippen MR) is 37.2 cm³/mol. The number of carboxylic acids is 1. The Morgan fingerprint density at radius 2 is 2.20 bits per heavy atom. The van der Waals surface area contributed by atoms with Crippen LogP contribution in [0.3, 0.4) is 0 Å². The van der Waals surface area contributed by atoms with Crippen molar-refractivity contribution in [2.24, 2.45) is 0 Å². The Hall–Kier alpha value is 0.260. The summed E-state index contributed by atoms with van der Waals surface area (Å²) >= 11 is 7.90. The maximum Gasteiger partial charge on any atom is 0.368 e. The maximum atomic E-state index is 10.5. The second-order valence-corrected chi connectivity index (χ2v) is 4.36. The average Bonchev–Trinajstić information content (AvgIpc) is 1.86. The van der Waals surface area contributed by atoms with Crippen LogP contribution in [-0.4, -0.2) is 21.1 Å². The molecule has 2 N–H and O–H groups in total. The van der Waals surface area contributed by atoms with Gasteiger partial charge in [-0.15, -0.1) is 0 Å². The molecule has 2 unspecified atom stereocenters. The summed E-state index contributed by atoms with van der Waals surface area (Å²) in [5.41, 5.74) is 0. The molecule has 0 fully saturated rings. The number of aliphatic carboxylic acids is 1. The van der Waals surface area contributed by atoms with Crippen LogP contribution in [0.2, 0.25) is 0 Å². The fraction of sp³-hybridized carbons (Fsp3) is 0.500. The molecule has 5 nitrogen and oxygen atoms in total. The molecule has 0 bridgehead atoms. The molecule has 0 amide bonds. The van der Waals surface area contributed by atoms with Crippen LogP contribution >= 0.6 is 32.1 Å². The number of carbonyl (C=O) groups is 1. The normalized spacial score (nSPS) is 19.5. The van der Waals surface area contributed by atoms with Crippen molar-refractivity contribution in [1.29, 1.82) is 0 Å². The minimum absolute atomic E-state index is 1.62. The fourth-order valence-corrected chi connectivity index (χ4v) is 1.11. The highest BCUT2D eigenvalue weighted by atomic mass is 35.5. The Morgan fingerprint density at radius 3 is 2.30 bits per heavy atom. The minimum Gasteiger partial charge on any atom is -0.480 e. The molecule has 0 saturated carbocycles. The monoisotopic (exact) mass is 206 g/mol. The summed E-state index contributed by atoms with van der Waals surface area (Å²) in [5, 5.41) is 6.10. The molecular weight excluding hydrogens is 203 g/mol. The van der Waals surface area contributed by atoms with Crippen molar-refractivity contribution in [2.45, 2.75) is 5.12 Å². The van der Waals surface area contributed by atoms with Gasteiger partial charge in [-0.2, -0.15) is 0 Å². The van der Waals surface area contributed by atoms with Crippen molar-refractivity contribution < 1.29 is 23.3 Å². The van der Waals surface area contributed by atoms with Crippen molar-refractivity contribution in [3.05, 3.63) is 0 Å². The van der Waals surface area contributed by atoms with Crippen LogP contribution in [0, 0.1) is 0 Å². The molecule has 0 spiro atoms. The van der Waals surface area contributed by atoms with Gasteiger partial charge in [0.05, 0.1) is 0 Å². The zero-order valence-corrected chi connectivity index (χ0v) is 7.01. The molecule has 8 heteroatoms. The molecule has 2 atom stereocenters. The maximum absolute atomic E-state index is 10.5. The summed E-state index contributed by atoms with van der Waals surface area (Å²) < 4.78 is 14.1. The van der Waals surface area contributed by atoms with Gasteiger partial charge in [-0.3, -0.25) is 4.57 Å². The number of hydrogen-bond donors (Lipinski definition) is 3. The largest absolute Gasteiger partial charge is 0.480 e. The standard InChI is InChI=1S/C2H4ClO5PS/c3-1(2(4)5)9(6,7)8-10/h1,10H,(H,4,5)(H,6,7). The Balaban J connectivity index is 4.33. The van der Waals surface area contributed by atoms with Crippen LogP contribution in [-0.2, 0) is 13.3 Å². The molecule has 0 rings (SSSR count). The van der Waals surface area contributed by atoms with Crippen molar-refractivity contribution in [2.75, 3.05) is 0 Å². The molecule has 0 aliphatic rings. The zero-order chi connectivity index (χ0) is 8.36. The van der Waals surface area contributed by atoms with E-state index in [-0.39, 0.29) is 0 Å². The van der Waals surface area contributed by atoms with Gasteiger partial charge < -0.3 is 10.00 Å². The highest BCUT2D eigenvalue weighted by Gasteiger charge is 2.36. The van der Waals surface area contributed by atoms with E-state index in [1.54, 1.807) is 0 Å². The van der Waals surface area contributed by atoms with Crippen LogP contribution in [0.25, 0.3) is 0 Å². The second-order valence-electron chi connectivity index (χ2n) is 1.32. The molecule has 0 heterocycles. The van der Waals surface area contributed by atoms with Gasteiger partial charge in [0.25, 0.3) is 0 Å². The van der Waals surface area contributed by atoms with Gasteiger partial charge in [0.15, 0.2) is 0 Å². The first-order chi connectivity index (χ1) is 4.41. The van der Waals surface area contributed by atoms with E-state index in [0.29, 0.717) is 0 Å². The summed E-state index contributed by atoms with van der Waals surface area (Å²) in [7, 11) is -4.29. The van der Waals surface area contributed by atoms with Crippen molar-refractivity contribution in [3.63, 3.8) is 0 Å². The number of hydrogen-bond acceptors (Lipinski definition) is 4. The van der Waals surface area contributed by atoms with Crippen LogP contribution in [0.1, 0.15) is 0 Å². The average molecular weight is 207 g/mol. The Morgan fingerprint density at radius 1 is 1.80 bits per heavy atom. The van der Waals surface area contributed by atoms with Gasteiger partial charge in [0.2, 0.25) is 5.12 Å². The van der Waals surface area contributed by atoms with Gasteiger partial charge >= 0.3 is 13.6 Å². The third-order valence-electron chi connectivity index (χ3n) is 0.607. The number of thiol groups is 1. The van der Waals surface area contributed by atoms with Gasteiger partial charge in [-0.25, -0.2) is 8.76 Å². The van der Waals surface area contributed by atoms with E-state index in [9.17, 15) is 9.36 Å². The second kappa shape index (κ2) is 3.59. The number of halogens is 1. The number of carboxylic acid groups (broad SMARTS) is 1. The lowest BCUT2D eigenvalue weighted by Gasteiger charge is -2.08. The minimum atomic E-state index is -4.29. The van der Waals surface area contributed by atoms with E-state index in [4.69, 9.17) is 21.6 Å². The van der Waals surface area contributed by atoms with Crippen LogP contribution in [0.5, 0.6) is 0 Å². The molecule has 0 aliphatic heterocycles. The predicted octanol–water partition coefficient (Wildman–Crippen LogP) is 0.683. The molecular formula is C2H4ClO5PS. The summed E-state index contributed by atoms with van der Waals surface area (Å²) in [6.45, 7) is 0. The first kappa shape index (κ1) is 10.3. The lowest BCUT2D eigenvalue weighted by atomic mass is 10.8. The third kappa shape index (κ3) is 2.48. The number of rotatable bonds is 3. The molecule has 0 aromatic carbocycles. The van der Waals surface area contributed by atoms with Crippen molar-refractivity contribution in [3.8, 4) is 0 Å². The van der Waals surface area contributed by atoms with Crippen molar-refractivity contribution in [1.82, 2.24) is 0 Å². The summed E-state index contributed by atoms with van der Waals surface area (Å²) in [6.07, 6.45) is 0. The number of alkyl halides is 1. The summed E-state index contributed by atoms with van der Waals surface area (Å²) in [6, 6.07) is 0. The molecule has 10 heavy (non-hydrogen) atoms. The van der Waals surface area contributed by atoms with Gasteiger partial charge in [0.1, 0.15) is 0 Å². The Bertz CT molecular complexity index is 182. The SMILES string of the molecule is O=C(O)C(Cl)P(=O)(O)OS. The van der Waals surface area contributed by atoms with E-state index in [2.05, 4.69) is 16.9 Å². The lowest BCUT2D eigenvalue weighted by Crippen LogP contribution is -2.13. The van der Waals surface area contributed by atoms with E-state index < -0.39 is 18.7 Å². The third-order valence-corrected chi connectivity index (χ3v) is 3.26. The summed E-state index contributed by atoms with van der Waals surface area (Å²) in [4.78, 5) is 18.4. The highest BCUT2D eigenvalue weighted by Crippen LogP contribution is 2.50. The first-order valence-corrected chi connectivity index (χ1v) is 4.39. The quantitative estimate of drug-likeness (QED) is 0.274. The van der Waals surface area contributed by atoms with E-state index >= 15 is 0 Å². The van der Waals surface area contributed by atoms with Crippen molar-refractivity contribution >= 4 is 38.1 Å². The summed E-state index contributed by atoms with van der Waals surface area (Å²) in [5.74, 6) is -1.62. The van der Waals surface area contributed by atoms with Crippen LogP contribution < -0.4 is 0 Å². The van der Waals surface area contributed by atoms with E-state index in [0.717, 1.165) is 0 Å². The topological polar surface area (TPSA) is 83.8 Å². The highest BCUT2D eigenvalue weighted by molar-refractivity contribution is 7.82. The van der Waals surface area contributed by atoms with Gasteiger partial charge in [-0.1, -0.05) is 11.6 Å². The molecule has 0 saturated heterocycles. The molecule has 0 aromatic rings. The van der Waals surface area contributed by atoms with Crippen LogP contribution in [0.15, 0.2) is 0 Å². The van der Waals surface area contributed by atoms with Gasteiger partial charge in [0, 0.05) is 0 Å². The fourth-order valence-electron chi connectivity index (χ4n) is 0.181.